The lowest BCUT2D eigenvalue weighted by atomic mass is 10.3. The SMILES string of the molecule is Nc1cnc2c(C(F)(F)F)cnn2c1. The average Bonchev–Trinajstić information content (AvgIpc) is 2.45. The highest BCUT2D eigenvalue weighted by atomic mass is 19.4. The van der Waals surface area contributed by atoms with Crippen LogP contribution in [0.2, 0.25) is 0 Å². The van der Waals surface area contributed by atoms with Crippen molar-refractivity contribution in [3.05, 3.63) is 24.2 Å². The first-order valence-electron chi connectivity index (χ1n) is 3.64. The molecule has 0 aliphatic carbocycles. The summed E-state index contributed by atoms with van der Waals surface area (Å²) in [6.45, 7) is 0. The molecule has 14 heavy (non-hydrogen) atoms. The van der Waals surface area contributed by atoms with Gasteiger partial charge in [-0.05, 0) is 0 Å². The molecule has 0 fully saturated rings. The summed E-state index contributed by atoms with van der Waals surface area (Å²) in [6, 6.07) is 0. The summed E-state index contributed by atoms with van der Waals surface area (Å²) in [4.78, 5) is 3.56. The Hall–Kier alpha value is -1.79. The molecule has 0 aliphatic rings. The molecule has 4 nitrogen and oxygen atoms in total. The number of nitrogens with two attached hydrogens (primary N) is 1. The Morgan fingerprint density at radius 1 is 1.29 bits per heavy atom. The van der Waals surface area contributed by atoms with Gasteiger partial charge in [-0.2, -0.15) is 18.3 Å². The third-order valence-corrected chi connectivity index (χ3v) is 1.68. The predicted octanol–water partition coefficient (Wildman–Crippen LogP) is 1.33. The van der Waals surface area contributed by atoms with E-state index >= 15 is 0 Å². The summed E-state index contributed by atoms with van der Waals surface area (Å²) in [5, 5.41) is 3.50. The molecule has 0 bridgehead atoms. The Morgan fingerprint density at radius 3 is 2.64 bits per heavy atom. The third-order valence-electron chi connectivity index (χ3n) is 1.68. The molecule has 2 rings (SSSR count). The molecular weight excluding hydrogens is 197 g/mol. The number of nitrogen functional groups attached to an aromatic ring is 1. The molecule has 0 atom stereocenters. The van der Waals surface area contributed by atoms with Gasteiger partial charge in [-0.15, -0.1) is 0 Å². The summed E-state index contributed by atoms with van der Waals surface area (Å²) >= 11 is 0. The van der Waals surface area contributed by atoms with Crippen LogP contribution in [0.3, 0.4) is 0 Å². The first-order valence-corrected chi connectivity index (χ1v) is 3.64. The Kier molecular flexibility index (Phi) is 1.63. The summed E-state index contributed by atoms with van der Waals surface area (Å²) in [5.41, 5.74) is 4.49. The van der Waals surface area contributed by atoms with Crippen LogP contribution in [0.1, 0.15) is 5.56 Å². The van der Waals surface area contributed by atoms with Crippen LogP contribution in [-0.2, 0) is 6.18 Å². The van der Waals surface area contributed by atoms with Gasteiger partial charge in [-0.1, -0.05) is 0 Å². The summed E-state index contributed by atoms with van der Waals surface area (Å²) in [6.07, 6.45) is -1.28. The number of alkyl halides is 3. The van der Waals surface area contributed by atoms with Gasteiger partial charge in [0.1, 0.15) is 5.56 Å². The average molecular weight is 202 g/mol. The lowest BCUT2D eigenvalue weighted by molar-refractivity contribution is -0.136. The number of rotatable bonds is 0. The molecule has 0 spiro atoms. The molecule has 0 saturated carbocycles. The number of halogens is 3. The fraction of sp³-hybridized carbons (Fsp3) is 0.143. The van der Waals surface area contributed by atoms with E-state index in [-0.39, 0.29) is 11.3 Å². The van der Waals surface area contributed by atoms with Gasteiger partial charge in [0, 0.05) is 0 Å². The predicted molar refractivity (Wildman–Crippen MR) is 42.4 cm³/mol. The van der Waals surface area contributed by atoms with Crippen molar-refractivity contribution in [1.29, 1.82) is 0 Å². The van der Waals surface area contributed by atoms with Crippen molar-refractivity contribution < 1.29 is 13.2 Å². The maximum atomic E-state index is 12.3. The number of hydrogen-bond donors (Lipinski definition) is 1. The second-order valence-electron chi connectivity index (χ2n) is 2.71. The topological polar surface area (TPSA) is 56.2 Å². The van der Waals surface area contributed by atoms with Gasteiger partial charge in [0.2, 0.25) is 0 Å². The highest BCUT2D eigenvalue weighted by Crippen LogP contribution is 2.31. The number of aromatic nitrogens is 3. The zero-order valence-electron chi connectivity index (χ0n) is 6.78. The van der Waals surface area contributed by atoms with E-state index in [1.807, 2.05) is 0 Å². The second kappa shape index (κ2) is 2.60. The summed E-state index contributed by atoms with van der Waals surface area (Å²) < 4.78 is 38.0. The van der Waals surface area contributed by atoms with Gasteiger partial charge in [0.25, 0.3) is 0 Å². The maximum Gasteiger partial charge on any atom is 0.421 e. The van der Waals surface area contributed by atoms with Crippen LogP contribution in [0, 0.1) is 0 Å². The molecule has 74 valence electrons. The molecule has 2 aromatic heterocycles. The Bertz CT molecular complexity index is 473. The highest BCUT2D eigenvalue weighted by molar-refractivity contribution is 5.50. The quantitative estimate of drug-likeness (QED) is 0.701. The molecule has 2 heterocycles. The molecule has 0 amide bonds. The fourth-order valence-corrected chi connectivity index (χ4v) is 1.09. The minimum absolute atomic E-state index is 0.244. The van der Waals surface area contributed by atoms with E-state index in [9.17, 15) is 13.2 Å². The number of nitrogens with zero attached hydrogens (tertiary/aromatic N) is 3. The molecule has 0 unspecified atom stereocenters. The second-order valence-corrected chi connectivity index (χ2v) is 2.71. The molecule has 2 N–H and O–H groups in total. The normalized spacial score (nSPS) is 12.2. The minimum Gasteiger partial charge on any atom is -0.396 e. The van der Waals surface area contributed by atoms with E-state index in [0.717, 1.165) is 16.9 Å². The largest absolute Gasteiger partial charge is 0.421 e. The van der Waals surface area contributed by atoms with E-state index < -0.39 is 11.7 Å². The van der Waals surface area contributed by atoms with Crippen LogP contribution >= 0.6 is 0 Å². The minimum atomic E-state index is -4.44. The first-order chi connectivity index (χ1) is 6.48. The number of fused-ring (bicyclic) bond motifs is 1. The van der Waals surface area contributed by atoms with Crippen LogP contribution in [0.15, 0.2) is 18.6 Å². The molecule has 0 aromatic carbocycles. The molecule has 0 radical (unpaired) electrons. The van der Waals surface area contributed by atoms with Crippen molar-refractivity contribution in [3.63, 3.8) is 0 Å². The zero-order chi connectivity index (χ0) is 10.3. The third kappa shape index (κ3) is 1.26. The number of anilines is 1. The van der Waals surface area contributed by atoms with Crippen LogP contribution in [0.5, 0.6) is 0 Å². The van der Waals surface area contributed by atoms with Crippen molar-refractivity contribution in [1.82, 2.24) is 14.6 Å². The van der Waals surface area contributed by atoms with E-state index in [1.54, 1.807) is 0 Å². The fourth-order valence-electron chi connectivity index (χ4n) is 1.09. The van der Waals surface area contributed by atoms with E-state index in [2.05, 4.69) is 10.1 Å². The molecule has 0 aliphatic heterocycles. The smallest absolute Gasteiger partial charge is 0.396 e. The Balaban J connectivity index is 2.70. The Labute approximate surface area is 76.2 Å². The maximum absolute atomic E-state index is 12.3. The monoisotopic (exact) mass is 202 g/mol. The lowest BCUT2D eigenvalue weighted by Gasteiger charge is -2.02. The van der Waals surface area contributed by atoms with Crippen LogP contribution < -0.4 is 5.73 Å². The Morgan fingerprint density at radius 2 is 2.00 bits per heavy atom. The van der Waals surface area contributed by atoms with Crippen LogP contribution in [-0.4, -0.2) is 14.6 Å². The van der Waals surface area contributed by atoms with Crippen molar-refractivity contribution in [3.8, 4) is 0 Å². The van der Waals surface area contributed by atoms with Gasteiger partial charge >= 0.3 is 6.18 Å². The van der Waals surface area contributed by atoms with Crippen LogP contribution in [0.4, 0.5) is 18.9 Å². The van der Waals surface area contributed by atoms with E-state index in [1.165, 1.54) is 6.20 Å². The first kappa shape index (κ1) is 8.79. The molecule has 7 heteroatoms. The van der Waals surface area contributed by atoms with Gasteiger partial charge in [-0.25, -0.2) is 9.50 Å². The summed E-state index contributed by atoms with van der Waals surface area (Å²) in [7, 11) is 0. The lowest BCUT2D eigenvalue weighted by Crippen LogP contribution is -2.05. The van der Waals surface area contributed by atoms with Gasteiger partial charge < -0.3 is 5.73 Å². The van der Waals surface area contributed by atoms with Gasteiger partial charge in [-0.3, -0.25) is 0 Å². The van der Waals surface area contributed by atoms with Gasteiger partial charge in [0.05, 0.1) is 24.3 Å². The van der Waals surface area contributed by atoms with Crippen molar-refractivity contribution in [2.24, 2.45) is 0 Å². The van der Waals surface area contributed by atoms with Crippen molar-refractivity contribution in [2.45, 2.75) is 6.18 Å². The standard InChI is InChI=1S/C7H5F3N4/c8-7(9,10)5-2-13-14-3-4(11)1-12-6(5)14/h1-3H,11H2. The van der Waals surface area contributed by atoms with E-state index in [0.29, 0.717) is 0 Å². The van der Waals surface area contributed by atoms with Crippen molar-refractivity contribution in [2.75, 3.05) is 5.73 Å². The molecular formula is C7H5F3N4. The van der Waals surface area contributed by atoms with Crippen molar-refractivity contribution >= 4 is 11.3 Å². The summed E-state index contributed by atoms with van der Waals surface area (Å²) in [5.74, 6) is 0. The molecule has 0 saturated heterocycles. The zero-order valence-corrected chi connectivity index (χ0v) is 6.78. The van der Waals surface area contributed by atoms with Crippen LogP contribution in [0.25, 0.3) is 5.65 Å². The molecule has 2 aromatic rings. The number of hydrogen-bond acceptors (Lipinski definition) is 3. The van der Waals surface area contributed by atoms with Gasteiger partial charge in [0.15, 0.2) is 5.65 Å². The highest BCUT2D eigenvalue weighted by Gasteiger charge is 2.35. The van der Waals surface area contributed by atoms with E-state index in [4.69, 9.17) is 5.73 Å².